The van der Waals surface area contributed by atoms with E-state index in [-0.39, 0.29) is 11.4 Å². The molecule has 124 valence electrons. The van der Waals surface area contributed by atoms with Gasteiger partial charge in [0.05, 0.1) is 10.4 Å². The maximum Gasteiger partial charge on any atom is 0.240 e. The second kappa shape index (κ2) is 6.38. The molecule has 1 aliphatic rings. The van der Waals surface area contributed by atoms with Crippen molar-refractivity contribution in [1.29, 1.82) is 0 Å². The van der Waals surface area contributed by atoms with Crippen molar-refractivity contribution in [3.8, 4) is 0 Å². The summed E-state index contributed by atoms with van der Waals surface area (Å²) in [5.74, 6) is 0.920. The fourth-order valence-corrected chi connectivity index (χ4v) is 3.82. The van der Waals surface area contributed by atoms with Crippen LogP contribution in [0, 0.1) is 0 Å². The summed E-state index contributed by atoms with van der Waals surface area (Å²) in [6, 6.07) is 8.23. The Labute approximate surface area is 135 Å². The topological polar surface area (TPSA) is 111 Å². The SMILES string of the molecule is NC1(c2noc(CCNS(=O)(=O)c3ccccc3)n2)CCCC1. The van der Waals surface area contributed by atoms with Crippen molar-refractivity contribution < 1.29 is 12.9 Å². The molecule has 0 unspecified atom stereocenters. The Morgan fingerprint density at radius 3 is 2.61 bits per heavy atom. The van der Waals surface area contributed by atoms with Gasteiger partial charge in [-0.2, -0.15) is 4.98 Å². The molecule has 1 aromatic carbocycles. The van der Waals surface area contributed by atoms with E-state index >= 15 is 0 Å². The first-order chi connectivity index (χ1) is 11.0. The highest BCUT2D eigenvalue weighted by Crippen LogP contribution is 2.34. The Morgan fingerprint density at radius 1 is 1.22 bits per heavy atom. The summed E-state index contributed by atoms with van der Waals surface area (Å²) in [6.45, 7) is 0.191. The number of nitrogens with two attached hydrogens (primary N) is 1. The third-order valence-electron chi connectivity index (χ3n) is 4.09. The smallest absolute Gasteiger partial charge is 0.240 e. The molecule has 0 amide bonds. The maximum atomic E-state index is 12.1. The Kier molecular flexibility index (Phi) is 4.47. The average Bonchev–Trinajstić information content (AvgIpc) is 3.18. The van der Waals surface area contributed by atoms with Crippen molar-refractivity contribution in [1.82, 2.24) is 14.9 Å². The highest BCUT2D eigenvalue weighted by molar-refractivity contribution is 7.89. The Morgan fingerprint density at radius 2 is 1.91 bits per heavy atom. The Bertz CT molecular complexity index is 752. The van der Waals surface area contributed by atoms with E-state index in [9.17, 15) is 8.42 Å². The molecule has 3 N–H and O–H groups in total. The molecule has 0 aliphatic heterocycles. The van der Waals surface area contributed by atoms with Gasteiger partial charge >= 0.3 is 0 Å². The van der Waals surface area contributed by atoms with Gasteiger partial charge in [0.1, 0.15) is 0 Å². The number of rotatable bonds is 6. The van der Waals surface area contributed by atoms with E-state index in [4.69, 9.17) is 10.3 Å². The number of benzene rings is 1. The molecule has 8 heteroatoms. The number of hydrogen-bond donors (Lipinski definition) is 2. The van der Waals surface area contributed by atoms with Crippen molar-refractivity contribution in [3.63, 3.8) is 0 Å². The maximum absolute atomic E-state index is 12.1. The van der Waals surface area contributed by atoms with Crippen LogP contribution in [0.1, 0.15) is 37.4 Å². The predicted octanol–water partition coefficient (Wildman–Crippen LogP) is 1.32. The fraction of sp³-hybridized carbons (Fsp3) is 0.467. The van der Waals surface area contributed by atoms with E-state index in [0.717, 1.165) is 25.7 Å². The van der Waals surface area contributed by atoms with Crippen molar-refractivity contribution in [2.45, 2.75) is 42.5 Å². The molecule has 0 saturated heterocycles. The molecule has 1 heterocycles. The van der Waals surface area contributed by atoms with E-state index in [1.165, 1.54) is 0 Å². The van der Waals surface area contributed by atoms with E-state index < -0.39 is 15.6 Å². The lowest BCUT2D eigenvalue weighted by atomic mass is 9.99. The number of nitrogens with one attached hydrogen (secondary N) is 1. The number of aromatic nitrogens is 2. The lowest BCUT2D eigenvalue weighted by Crippen LogP contribution is -2.34. The highest BCUT2D eigenvalue weighted by Gasteiger charge is 2.35. The first-order valence-corrected chi connectivity index (χ1v) is 9.15. The third-order valence-corrected chi connectivity index (χ3v) is 5.57. The molecule has 0 spiro atoms. The molecule has 1 fully saturated rings. The Balaban J connectivity index is 1.58. The highest BCUT2D eigenvalue weighted by atomic mass is 32.2. The van der Waals surface area contributed by atoms with Crippen LogP contribution in [0.4, 0.5) is 0 Å². The van der Waals surface area contributed by atoms with Crippen LogP contribution in [0.15, 0.2) is 39.8 Å². The molecule has 1 saturated carbocycles. The van der Waals surface area contributed by atoms with Gasteiger partial charge in [-0.05, 0) is 25.0 Å². The summed E-state index contributed by atoms with van der Waals surface area (Å²) in [5, 5.41) is 3.95. The lowest BCUT2D eigenvalue weighted by Gasteiger charge is -2.17. The quantitative estimate of drug-likeness (QED) is 0.823. The average molecular weight is 336 g/mol. The zero-order valence-electron chi connectivity index (χ0n) is 12.7. The summed E-state index contributed by atoms with van der Waals surface area (Å²) in [4.78, 5) is 4.55. The fourth-order valence-electron chi connectivity index (χ4n) is 2.76. The number of nitrogens with zero attached hydrogens (tertiary/aromatic N) is 2. The minimum absolute atomic E-state index is 0.191. The molecular weight excluding hydrogens is 316 g/mol. The first kappa shape index (κ1) is 16.1. The largest absolute Gasteiger partial charge is 0.339 e. The molecule has 2 aromatic rings. The van der Waals surface area contributed by atoms with Crippen LogP contribution in [-0.2, 0) is 22.0 Å². The van der Waals surface area contributed by atoms with Crippen LogP contribution in [-0.4, -0.2) is 25.1 Å². The van der Waals surface area contributed by atoms with E-state index in [0.29, 0.717) is 18.1 Å². The van der Waals surface area contributed by atoms with Crippen LogP contribution in [0.3, 0.4) is 0 Å². The monoisotopic (exact) mass is 336 g/mol. The van der Waals surface area contributed by atoms with Gasteiger partial charge in [0.2, 0.25) is 15.9 Å². The van der Waals surface area contributed by atoms with E-state index in [1.807, 2.05) is 0 Å². The Hall–Kier alpha value is -1.77. The van der Waals surface area contributed by atoms with Crippen molar-refractivity contribution in [2.24, 2.45) is 5.73 Å². The second-order valence-electron chi connectivity index (χ2n) is 5.84. The van der Waals surface area contributed by atoms with Gasteiger partial charge in [-0.25, -0.2) is 13.1 Å². The lowest BCUT2D eigenvalue weighted by molar-refractivity contribution is 0.348. The minimum atomic E-state index is -3.52. The van der Waals surface area contributed by atoms with Gasteiger partial charge in [-0.1, -0.05) is 36.2 Å². The number of sulfonamides is 1. The van der Waals surface area contributed by atoms with Crippen molar-refractivity contribution in [3.05, 3.63) is 42.0 Å². The van der Waals surface area contributed by atoms with Crippen LogP contribution >= 0.6 is 0 Å². The van der Waals surface area contributed by atoms with Crippen LogP contribution in [0.5, 0.6) is 0 Å². The molecule has 0 radical (unpaired) electrons. The molecule has 3 rings (SSSR count). The summed E-state index contributed by atoms with van der Waals surface area (Å²) >= 11 is 0. The van der Waals surface area contributed by atoms with Gasteiger partial charge in [0.25, 0.3) is 0 Å². The van der Waals surface area contributed by atoms with Crippen LogP contribution < -0.4 is 10.5 Å². The normalized spacial score (nSPS) is 17.4. The first-order valence-electron chi connectivity index (χ1n) is 7.66. The van der Waals surface area contributed by atoms with Crippen molar-refractivity contribution >= 4 is 10.0 Å². The summed E-state index contributed by atoms with van der Waals surface area (Å²) in [6.07, 6.45) is 4.17. The zero-order chi connectivity index (χ0) is 16.3. The van der Waals surface area contributed by atoms with Gasteiger partial charge in [-0.15, -0.1) is 0 Å². The van der Waals surface area contributed by atoms with E-state index in [1.54, 1.807) is 30.3 Å². The van der Waals surface area contributed by atoms with Crippen molar-refractivity contribution in [2.75, 3.05) is 6.54 Å². The standard InChI is InChI=1S/C15H20N4O3S/c16-15(9-4-5-10-15)14-18-13(22-19-14)8-11-17-23(20,21)12-6-2-1-3-7-12/h1-3,6-7,17H,4-5,8-11,16H2. The molecule has 7 nitrogen and oxygen atoms in total. The molecular formula is C15H20N4O3S. The second-order valence-corrected chi connectivity index (χ2v) is 7.60. The van der Waals surface area contributed by atoms with Gasteiger partial charge in [0, 0.05) is 13.0 Å². The summed E-state index contributed by atoms with van der Waals surface area (Å²) in [5.41, 5.74) is 5.78. The molecule has 0 atom stereocenters. The van der Waals surface area contributed by atoms with Crippen LogP contribution in [0.2, 0.25) is 0 Å². The number of hydrogen-bond acceptors (Lipinski definition) is 6. The van der Waals surface area contributed by atoms with Gasteiger partial charge in [-0.3, -0.25) is 0 Å². The van der Waals surface area contributed by atoms with Crippen LogP contribution in [0.25, 0.3) is 0 Å². The minimum Gasteiger partial charge on any atom is -0.339 e. The molecule has 1 aromatic heterocycles. The third kappa shape index (κ3) is 3.60. The molecule has 1 aliphatic carbocycles. The molecule has 23 heavy (non-hydrogen) atoms. The molecule has 0 bridgehead atoms. The van der Waals surface area contributed by atoms with Gasteiger partial charge < -0.3 is 10.3 Å². The summed E-state index contributed by atoms with van der Waals surface area (Å²) < 4.78 is 31.9. The predicted molar refractivity (Wildman–Crippen MR) is 84.0 cm³/mol. The zero-order valence-corrected chi connectivity index (χ0v) is 13.6. The summed E-state index contributed by atoms with van der Waals surface area (Å²) in [7, 11) is -3.52. The van der Waals surface area contributed by atoms with E-state index in [2.05, 4.69) is 14.9 Å². The van der Waals surface area contributed by atoms with Gasteiger partial charge in [0.15, 0.2) is 5.82 Å².